The monoisotopic (exact) mass is 346 g/mol. The maximum Gasteiger partial charge on any atom is 0.257 e. The number of benzene rings is 1. The molecule has 0 aliphatic carbocycles. The van der Waals surface area contributed by atoms with Crippen LogP contribution in [0.25, 0.3) is 11.5 Å². The van der Waals surface area contributed by atoms with Crippen molar-refractivity contribution in [2.45, 2.75) is 13.5 Å². The first kappa shape index (κ1) is 16.0. The van der Waals surface area contributed by atoms with Crippen LogP contribution in [0.4, 0.5) is 0 Å². The van der Waals surface area contributed by atoms with Gasteiger partial charge in [0.15, 0.2) is 5.82 Å². The van der Waals surface area contributed by atoms with E-state index in [9.17, 15) is 4.79 Å². The van der Waals surface area contributed by atoms with Crippen molar-refractivity contribution in [2.24, 2.45) is 0 Å². The summed E-state index contributed by atoms with van der Waals surface area (Å²) in [7, 11) is 0. The molecular formula is C20H18N4O2. The highest BCUT2D eigenvalue weighted by molar-refractivity contribution is 5.97. The molecule has 0 radical (unpaired) electrons. The van der Waals surface area contributed by atoms with Gasteiger partial charge in [-0.05, 0) is 48.9 Å². The van der Waals surface area contributed by atoms with Crippen molar-refractivity contribution in [3.05, 3.63) is 90.3 Å². The van der Waals surface area contributed by atoms with Gasteiger partial charge in [0.05, 0.1) is 24.7 Å². The topological polar surface area (TPSA) is 65.0 Å². The maximum atomic E-state index is 12.7. The molecule has 6 nitrogen and oxygen atoms in total. The lowest BCUT2D eigenvalue weighted by molar-refractivity contribution is 0.0948. The molecule has 0 unspecified atom stereocenters. The number of aromatic nitrogens is 3. The van der Waals surface area contributed by atoms with E-state index in [1.807, 2.05) is 66.3 Å². The number of hydrogen-bond donors (Lipinski definition) is 1. The number of aryl methyl sites for hydroxylation is 1. The third kappa shape index (κ3) is 3.04. The second-order valence-electron chi connectivity index (χ2n) is 5.99. The Bertz CT molecular complexity index is 1010. The molecular weight excluding hydrogens is 328 g/mol. The van der Waals surface area contributed by atoms with Crippen LogP contribution in [0.5, 0.6) is 0 Å². The van der Waals surface area contributed by atoms with E-state index in [1.165, 1.54) is 0 Å². The van der Waals surface area contributed by atoms with Gasteiger partial charge in [0, 0.05) is 12.4 Å². The second-order valence-corrected chi connectivity index (χ2v) is 5.99. The average molecular weight is 346 g/mol. The largest absolute Gasteiger partial charge is 0.467 e. The van der Waals surface area contributed by atoms with Gasteiger partial charge in [-0.3, -0.25) is 4.79 Å². The average Bonchev–Trinajstić information content (AvgIpc) is 3.40. The third-order valence-electron chi connectivity index (χ3n) is 4.09. The van der Waals surface area contributed by atoms with E-state index in [2.05, 4.69) is 10.4 Å². The Morgan fingerprint density at radius 1 is 1.15 bits per heavy atom. The molecule has 4 aromatic rings. The summed E-state index contributed by atoms with van der Waals surface area (Å²) in [4.78, 5) is 12.7. The summed E-state index contributed by atoms with van der Waals surface area (Å²) < 4.78 is 8.93. The number of rotatable bonds is 5. The van der Waals surface area contributed by atoms with Crippen molar-refractivity contribution in [3.8, 4) is 11.5 Å². The Hall–Kier alpha value is -3.54. The normalized spacial score (nSPS) is 10.8. The molecule has 0 saturated heterocycles. The minimum absolute atomic E-state index is 0.205. The van der Waals surface area contributed by atoms with E-state index < -0.39 is 0 Å². The predicted octanol–water partition coefficient (Wildman–Crippen LogP) is 3.49. The summed E-state index contributed by atoms with van der Waals surface area (Å²) in [5, 5.41) is 7.34. The zero-order valence-electron chi connectivity index (χ0n) is 14.3. The first-order chi connectivity index (χ1) is 12.7. The summed E-state index contributed by atoms with van der Waals surface area (Å²) in [6.07, 6.45) is 6.97. The molecule has 1 amide bonds. The number of furan rings is 1. The SMILES string of the molecule is Cc1cccc(-n2ncc(C(=O)NCc3ccco3)c2-n2cccc2)c1. The van der Waals surface area contributed by atoms with Crippen LogP contribution in [0.1, 0.15) is 21.7 Å². The van der Waals surface area contributed by atoms with Crippen LogP contribution >= 0.6 is 0 Å². The van der Waals surface area contributed by atoms with Gasteiger partial charge in [0.25, 0.3) is 5.91 Å². The first-order valence-corrected chi connectivity index (χ1v) is 8.31. The van der Waals surface area contributed by atoms with Gasteiger partial charge in [-0.25, -0.2) is 4.68 Å². The van der Waals surface area contributed by atoms with Gasteiger partial charge in [-0.2, -0.15) is 5.10 Å². The van der Waals surface area contributed by atoms with Gasteiger partial charge in [0.2, 0.25) is 0 Å². The van der Waals surface area contributed by atoms with Crippen molar-refractivity contribution in [1.29, 1.82) is 0 Å². The Morgan fingerprint density at radius 2 is 2.00 bits per heavy atom. The first-order valence-electron chi connectivity index (χ1n) is 8.31. The molecule has 0 spiro atoms. The summed E-state index contributed by atoms with van der Waals surface area (Å²) in [6.45, 7) is 2.35. The molecule has 0 aliphatic rings. The molecule has 0 aliphatic heterocycles. The fraction of sp³-hybridized carbons (Fsp3) is 0.100. The highest BCUT2D eigenvalue weighted by Crippen LogP contribution is 2.20. The van der Waals surface area contributed by atoms with Crippen LogP contribution in [0.2, 0.25) is 0 Å². The molecule has 0 fully saturated rings. The van der Waals surface area contributed by atoms with Crippen molar-refractivity contribution in [1.82, 2.24) is 19.7 Å². The van der Waals surface area contributed by atoms with Crippen LogP contribution in [0.15, 0.2) is 77.8 Å². The van der Waals surface area contributed by atoms with E-state index in [-0.39, 0.29) is 5.91 Å². The minimum atomic E-state index is -0.205. The van der Waals surface area contributed by atoms with Crippen LogP contribution in [0, 0.1) is 6.92 Å². The fourth-order valence-corrected chi connectivity index (χ4v) is 2.85. The number of hydrogen-bond acceptors (Lipinski definition) is 3. The molecule has 1 N–H and O–H groups in total. The number of carbonyl (C=O) groups is 1. The van der Waals surface area contributed by atoms with E-state index >= 15 is 0 Å². The smallest absolute Gasteiger partial charge is 0.257 e. The van der Waals surface area contributed by atoms with E-state index in [4.69, 9.17) is 4.42 Å². The lowest BCUT2D eigenvalue weighted by Crippen LogP contribution is -2.23. The molecule has 3 heterocycles. The Morgan fingerprint density at radius 3 is 2.73 bits per heavy atom. The molecule has 130 valence electrons. The van der Waals surface area contributed by atoms with Gasteiger partial charge >= 0.3 is 0 Å². The molecule has 4 rings (SSSR count). The number of nitrogens with one attached hydrogen (secondary N) is 1. The molecule has 1 aromatic carbocycles. The molecule has 6 heteroatoms. The molecule has 3 aromatic heterocycles. The Labute approximate surface area is 150 Å². The van der Waals surface area contributed by atoms with Crippen LogP contribution in [0.3, 0.4) is 0 Å². The lowest BCUT2D eigenvalue weighted by atomic mass is 10.2. The maximum absolute atomic E-state index is 12.7. The number of nitrogens with zero attached hydrogens (tertiary/aromatic N) is 3. The van der Waals surface area contributed by atoms with E-state index in [1.54, 1.807) is 23.2 Å². The second kappa shape index (κ2) is 6.76. The zero-order valence-corrected chi connectivity index (χ0v) is 14.3. The van der Waals surface area contributed by atoms with Gasteiger partial charge < -0.3 is 14.3 Å². The van der Waals surface area contributed by atoms with Crippen LogP contribution in [-0.2, 0) is 6.54 Å². The van der Waals surface area contributed by atoms with Crippen LogP contribution in [-0.4, -0.2) is 20.3 Å². The Kier molecular flexibility index (Phi) is 4.15. The van der Waals surface area contributed by atoms with E-state index in [0.29, 0.717) is 23.7 Å². The fourth-order valence-electron chi connectivity index (χ4n) is 2.85. The standard InChI is InChI=1S/C20H18N4O2/c1-15-6-4-7-16(12-15)24-20(23-9-2-3-10-23)18(14-22-24)19(25)21-13-17-8-5-11-26-17/h2-12,14H,13H2,1H3,(H,21,25). The molecule has 0 bridgehead atoms. The summed E-state index contributed by atoms with van der Waals surface area (Å²) in [6, 6.07) is 15.5. The van der Waals surface area contributed by atoms with Gasteiger partial charge in [-0.1, -0.05) is 12.1 Å². The molecule has 0 atom stereocenters. The highest BCUT2D eigenvalue weighted by Gasteiger charge is 2.20. The van der Waals surface area contributed by atoms with E-state index in [0.717, 1.165) is 11.3 Å². The summed E-state index contributed by atoms with van der Waals surface area (Å²) in [5.41, 5.74) is 2.52. The third-order valence-corrected chi connectivity index (χ3v) is 4.09. The van der Waals surface area contributed by atoms with Crippen molar-refractivity contribution in [2.75, 3.05) is 0 Å². The summed E-state index contributed by atoms with van der Waals surface area (Å²) in [5.74, 6) is 1.19. The van der Waals surface area contributed by atoms with Crippen molar-refractivity contribution < 1.29 is 9.21 Å². The number of carbonyl (C=O) groups excluding carboxylic acids is 1. The predicted molar refractivity (Wildman–Crippen MR) is 97.5 cm³/mol. The Balaban J connectivity index is 1.72. The highest BCUT2D eigenvalue weighted by atomic mass is 16.3. The minimum Gasteiger partial charge on any atom is -0.467 e. The zero-order chi connectivity index (χ0) is 17.9. The molecule has 26 heavy (non-hydrogen) atoms. The van der Waals surface area contributed by atoms with Crippen LogP contribution < -0.4 is 5.32 Å². The van der Waals surface area contributed by atoms with Gasteiger partial charge in [0.1, 0.15) is 11.3 Å². The number of amides is 1. The quantitative estimate of drug-likeness (QED) is 0.601. The van der Waals surface area contributed by atoms with Crippen molar-refractivity contribution in [3.63, 3.8) is 0 Å². The molecule has 0 saturated carbocycles. The lowest BCUT2D eigenvalue weighted by Gasteiger charge is -2.11. The van der Waals surface area contributed by atoms with Gasteiger partial charge in [-0.15, -0.1) is 0 Å². The summed E-state index contributed by atoms with van der Waals surface area (Å²) >= 11 is 0. The van der Waals surface area contributed by atoms with Crippen molar-refractivity contribution >= 4 is 5.91 Å².